The van der Waals surface area contributed by atoms with Gasteiger partial charge in [-0.3, -0.25) is 4.79 Å². The summed E-state index contributed by atoms with van der Waals surface area (Å²) in [6.45, 7) is 6.30. The Kier molecular flexibility index (Phi) is 7.93. The van der Waals surface area contributed by atoms with Crippen LogP contribution in [0.3, 0.4) is 0 Å². The summed E-state index contributed by atoms with van der Waals surface area (Å²) in [6.07, 6.45) is 7.39. The zero-order valence-corrected chi connectivity index (χ0v) is 19.0. The van der Waals surface area contributed by atoms with Gasteiger partial charge in [-0.05, 0) is 67.3 Å². The van der Waals surface area contributed by atoms with Crippen molar-refractivity contribution in [3.05, 3.63) is 52.7 Å². The van der Waals surface area contributed by atoms with Crippen LogP contribution < -0.4 is 5.32 Å². The quantitative estimate of drug-likeness (QED) is 0.560. The zero-order chi connectivity index (χ0) is 21.5. The van der Waals surface area contributed by atoms with Gasteiger partial charge >= 0.3 is 0 Å². The largest absolute Gasteiger partial charge is 0.325 e. The van der Waals surface area contributed by atoms with Crippen molar-refractivity contribution >= 4 is 23.4 Å². The normalized spacial score (nSPS) is 14.9. The highest BCUT2D eigenvalue weighted by Gasteiger charge is 2.22. The lowest BCUT2D eigenvalue weighted by molar-refractivity contribution is -0.115. The number of aryl methyl sites for hydroxylation is 2. The van der Waals surface area contributed by atoms with Crippen LogP contribution in [0, 0.1) is 11.3 Å². The topological polar surface area (TPSA) is 65.8 Å². The van der Waals surface area contributed by atoms with Crippen molar-refractivity contribution in [3.8, 4) is 6.07 Å². The number of pyridine rings is 1. The summed E-state index contributed by atoms with van der Waals surface area (Å²) in [6, 6.07) is 12.3. The van der Waals surface area contributed by atoms with Gasteiger partial charge in [0.25, 0.3) is 0 Å². The van der Waals surface area contributed by atoms with Crippen LogP contribution in [-0.2, 0) is 17.6 Å². The number of nitrogens with zero attached hydrogens (tertiary/aromatic N) is 2. The molecule has 0 bridgehead atoms. The minimum absolute atomic E-state index is 0.0442. The third-order valence-corrected chi connectivity index (χ3v) is 7.01. The highest BCUT2D eigenvalue weighted by molar-refractivity contribution is 8.00. The van der Waals surface area contributed by atoms with E-state index in [1.165, 1.54) is 35.7 Å². The maximum absolute atomic E-state index is 12.9. The van der Waals surface area contributed by atoms with Gasteiger partial charge in [0.2, 0.25) is 5.91 Å². The van der Waals surface area contributed by atoms with E-state index in [1.54, 1.807) is 0 Å². The molecule has 1 heterocycles. The monoisotopic (exact) mass is 421 g/mol. The molecule has 0 spiro atoms. The lowest BCUT2D eigenvalue weighted by Crippen LogP contribution is -2.25. The molecular formula is C25H31N3OS. The zero-order valence-electron chi connectivity index (χ0n) is 18.2. The van der Waals surface area contributed by atoms with E-state index >= 15 is 0 Å². The van der Waals surface area contributed by atoms with Gasteiger partial charge in [0.15, 0.2) is 0 Å². The molecule has 158 valence electrons. The highest BCUT2D eigenvalue weighted by atomic mass is 32.2. The molecule has 1 aliphatic rings. The molecule has 5 heteroatoms. The maximum atomic E-state index is 12.9. The highest BCUT2D eigenvalue weighted by Crippen LogP contribution is 2.31. The molecule has 1 aromatic heterocycles. The minimum Gasteiger partial charge on any atom is -0.325 e. The molecule has 1 N–H and O–H groups in total. The van der Waals surface area contributed by atoms with E-state index in [1.807, 2.05) is 25.1 Å². The molecule has 0 saturated heterocycles. The first-order valence-electron chi connectivity index (χ1n) is 11.0. The van der Waals surface area contributed by atoms with Crippen LogP contribution in [0.15, 0.2) is 35.4 Å². The fourth-order valence-electron chi connectivity index (χ4n) is 3.77. The molecule has 1 unspecified atom stereocenters. The van der Waals surface area contributed by atoms with Crippen LogP contribution in [0.5, 0.6) is 0 Å². The first kappa shape index (κ1) is 22.4. The minimum atomic E-state index is -0.291. The van der Waals surface area contributed by atoms with E-state index in [9.17, 15) is 10.1 Å². The number of amides is 1. The van der Waals surface area contributed by atoms with Crippen molar-refractivity contribution in [1.29, 1.82) is 5.26 Å². The fourth-order valence-corrected chi connectivity index (χ4v) is 4.77. The number of fused-ring (bicyclic) bond motifs is 1. The molecule has 1 aromatic carbocycles. The van der Waals surface area contributed by atoms with Crippen molar-refractivity contribution in [3.63, 3.8) is 0 Å². The lowest BCUT2D eigenvalue weighted by atomic mass is 9.96. The molecule has 2 aromatic rings. The van der Waals surface area contributed by atoms with E-state index in [4.69, 9.17) is 4.98 Å². The molecule has 4 nitrogen and oxygen atoms in total. The fraction of sp³-hybridized carbons (Fsp3) is 0.480. The van der Waals surface area contributed by atoms with Crippen molar-refractivity contribution in [2.75, 3.05) is 5.32 Å². The van der Waals surface area contributed by atoms with Crippen molar-refractivity contribution in [2.45, 2.75) is 81.9 Å². The second-order valence-electron chi connectivity index (χ2n) is 8.25. The van der Waals surface area contributed by atoms with Crippen LogP contribution in [0.1, 0.15) is 81.2 Å². The number of nitrogens with one attached hydrogen (secondary N) is 1. The number of nitriles is 1. The second kappa shape index (κ2) is 10.6. The summed E-state index contributed by atoms with van der Waals surface area (Å²) in [5.41, 5.74) is 4.95. The van der Waals surface area contributed by atoms with Gasteiger partial charge in [-0.15, -0.1) is 0 Å². The Morgan fingerprint density at radius 1 is 1.17 bits per heavy atom. The predicted molar refractivity (Wildman–Crippen MR) is 124 cm³/mol. The Morgan fingerprint density at radius 2 is 1.87 bits per heavy atom. The van der Waals surface area contributed by atoms with Crippen LogP contribution in [0.4, 0.5) is 5.69 Å². The molecule has 1 aliphatic carbocycles. The van der Waals surface area contributed by atoms with E-state index in [2.05, 4.69) is 37.4 Å². The first-order chi connectivity index (χ1) is 14.5. The number of carbonyl (C=O) groups excluding carboxylic acids is 1. The molecule has 1 atom stereocenters. The van der Waals surface area contributed by atoms with Gasteiger partial charge in [0, 0.05) is 11.4 Å². The summed E-state index contributed by atoms with van der Waals surface area (Å²) in [5.74, 6) is 0.416. The molecule has 3 rings (SSSR count). The molecule has 0 fully saturated rings. The average Bonchev–Trinajstić information content (AvgIpc) is 2.73. The average molecular weight is 422 g/mol. The number of benzene rings is 1. The molecule has 0 saturated carbocycles. The van der Waals surface area contributed by atoms with Crippen LogP contribution in [-0.4, -0.2) is 16.1 Å². The molecule has 1 amide bonds. The van der Waals surface area contributed by atoms with E-state index < -0.39 is 0 Å². The van der Waals surface area contributed by atoms with Gasteiger partial charge in [0.05, 0.1) is 10.8 Å². The number of hydrogen-bond donors (Lipinski definition) is 1. The Hall–Kier alpha value is -2.32. The van der Waals surface area contributed by atoms with Gasteiger partial charge < -0.3 is 5.32 Å². The molecular weight excluding hydrogens is 390 g/mol. The SMILES string of the molecule is CCC(Sc1nc2c(cc1C#N)CCCCCC2)C(=O)Nc1ccc(C(C)C)cc1. The number of aromatic nitrogens is 1. The predicted octanol–water partition coefficient (Wildman–Crippen LogP) is 6.25. The third kappa shape index (κ3) is 5.64. The Bertz CT molecular complexity index is 915. The summed E-state index contributed by atoms with van der Waals surface area (Å²) >= 11 is 1.41. The van der Waals surface area contributed by atoms with Gasteiger partial charge in [-0.25, -0.2) is 4.98 Å². The number of thioether (sulfide) groups is 1. The van der Waals surface area contributed by atoms with E-state index in [0.29, 0.717) is 22.9 Å². The van der Waals surface area contributed by atoms with Crippen molar-refractivity contribution in [1.82, 2.24) is 4.98 Å². The van der Waals surface area contributed by atoms with Crippen molar-refractivity contribution in [2.24, 2.45) is 0 Å². The van der Waals surface area contributed by atoms with E-state index in [0.717, 1.165) is 37.1 Å². The molecule has 0 aliphatic heterocycles. The summed E-state index contributed by atoms with van der Waals surface area (Å²) in [5, 5.41) is 13.1. The Morgan fingerprint density at radius 3 is 2.50 bits per heavy atom. The maximum Gasteiger partial charge on any atom is 0.237 e. The number of carbonyl (C=O) groups is 1. The number of anilines is 1. The lowest BCUT2D eigenvalue weighted by Gasteiger charge is -2.18. The summed E-state index contributed by atoms with van der Waals surface area (Å²) < 4.78 is 0. The van der Waals surface area contributed by atoms with Gasteiger partial charge in [-0.2, -0.15) is 5.26 Å². The smallest absolute Gasteiger partial charge is 0.237 e. The standard InChI is InChI=1S/C25H31N3OS/c1-4-23(24(29)27-21-13-11-18(12-14-21)17(2)3)30-25-20(16-26)15-19-9-7-5-6-8-10-22(19)28-25/h11-15,17,23H,4-10H2,1-3H3,(H,27,29). The first-order valence-corrected chi connectivity index (χ1v) is 11.9. The Labute approximate surface area is 184 Å². The second-order valence-corrected chi connectivity index (χ2v) is 9.45. The summed E-state index contributed by atoms with van der Waals surface area (Å²) in [4.78, 5) is 17.8. The molecule has 0 radical (unpaired) electrons. The number of hydrogen-bond acceptors (Lipinski definition) is 4. The van der Waals surface area contributed by atoms with Crippen LogP contribution in [0.2, 0.25) is 0 Å². The number of rotatable bonds is 6. The Balaban J connectivity index is 1.76. The van der Waals surface area contributed by atoms with Crippen molar-refractivity contribution < 1.29 is 4.79 Å². The third-order valence-electron chi connectivity index (χ3n) is 5.65. The van der Waals surface area contributed by atoms with E-state index in [-0.39, 0.29) is 11.2 Å². The molecule has 30 heavy (non-hydrogen) atoms. The van der Waals surface area contributed by atoms with Crippen LogP contribution >= 0.6 is 11.8 Å². The summed E-state index contributed by atoms with van der Waals surface area (Å²) in [7, 11) is 0. The van der Waals surface area contributed by atoms with Crippen LogP contribution in [0.25, 0.3) is 0 Å². The van der Waals surface area contributed by atoms with Gasteiger partial charge in [0.1, 0.15) is 11.1 Å². The van der Waals surface area contributed by atoms with Gasteiger partial charge in [-0.1, -0.05) is 57.5 Å².